The van der Waals surface area contributed by atoms with E-state index in [9.17, 15) is 40.6 Å². The molecule has 0 spiro atoms. The summed E-state index contributed by atoms with van der Waals surface area (Å²) in [4.78, 5) is 74.4. The lowest BCUT2D eigenvalue weighted by molar-refractivity contribution is -0.279. The molecule has 3 unspecified atom stereocenters. The van der Waals surface area contributed by atoms with E-state index < -0.39 is 134 Å². The van der Waals surface area contributed by atoms with Crippen LogP contribution in [0.15, 0.2) is 76.0 Å². The van der Waals surface area contributed by atoms with Gasteiger partial charge in [-0.25, -0.2) is 4.79 Å². The molecule has 0 bridgehead atoms. The summed E-state index contributed by atoms with van der Waals surface area (Å²) in [5, 5.41) is 11.8. The van der Waals surface area contributed by atoms with E-state index in [1.807, 2.05) is 67.6 Å². The van der Waals surface area contributed by atoms with Gasteiger partial charge in [-0.2, -0.15) is 0 Å². The van der Waals surface area contributed by atoms with E-state index in [-0.39, 0.29) is 39.1 Å². The Kier molecular flexibility index (Phi) is 21.1. The van der Waals surface area contributed by atoms with Gasteiger partial charge in [-0.05, 0) is 52.9 Å². The molecule has 16 atom stereocenters. The summed E-state index contributed by atoms with van der Waals surface area (Å²) < 4.78 is 67.2. The third-order valence-corrected chi connectivity index (χ3v) is 13.1. The Morgan fingerprint density at radius 2 is 1.32 bits per heavy atom. The van der Waals surface area contributed by atoms with Crippen molar-refractivity contribution in [2.24, 2.45) is 27.2 Å². The van der Waals surface area contributed by atoms with E-state index in [1.54, 1.807) is 4.90 Å². The molecule has 1 amide bonds. The van der Waals surface area contributed by atoms with Gasteiger partial charge in [0.25, 0.3) is 0 Å². The first-order valence-corrected chi connectivity index (χ1v) is 24.2. The van der Waals surface area contributed by atoms with Gasteiger partial charge in [-0.15, -0.1) is 0 Å². The summed E-state index contributed by atoms with van der Waals surface area (Å²) in [5.41, 5.74) is 30.5. The molecule has 0 radical (unpaired) electrons. The molecule has 6 rings (SSSR count). The first kappa shape index (κ1) is 56.6. The Morgan fingerprint density at radius 3 is 1.95 bits per heavy atom. The lowest BCUT2D eigenvalue weighted by Gasteiger charge is -2.50. The van der Waals surface area contributed by atoms with Gasteiger partial charge in [0.15, 0.2) is 24.8 Å². The number of benzene rings is 2. The SMILES string of the molecule is CO[C@H]1C(N=[N+]=[N-])C[C@H](C)C([C@H]2O[C@H](CN(Cc3ccccc3)C(=O)OCc3ccccc3)CCC2N=[N+]=[N-])[C@@H]1O[C@@H]1O[C@H](COC(C)=O)[C@@H](O[C@@H]2C[C@@H](OC(C)=O)[C@H](OC(C)=O)[C@H](CN=[N+]=[N-])O2)[C@H]1OC(C)=O. The number of nitrogens with zero attached hydrogens (tertiary/aromatic N) is 10. The van der Waals surface area contributed by atoms with Crippen molar-refractivity contribution in [1.29, 1.82) is 0 Å². The number of amides is 1. The Balaban J connectivity index is 1.34. The monoisotopic (exact) mass is 1030 g/mol. The topological polar surface area (TPSA) is 336 Å². The maximum atomic E-state index is 13.9. The zero-order valence-corrected chi connectivity index (χ0v) is 41.9. The van der Waals surface area contributed by atoms with Crippen molar-refractivity contribution < 1.29 is 76.1 Å². The quantitative estimate of drug-likeness (QED) is 0.0413. The highest BCUT2D eigenvalue weighted by molar-refractivity contribution is 5.68. The predicted octanol–water partition coefficient (Wildman–Crippen LogP) is 6.68. The van der Waals surface area contributed by atoms with Crippen LogP contribution in [0.25, 0.3) is 31.3 Å². The van der Waals surface area contributed by atoms with E-state index in [1.165, 1.54) is 14.0 Å². The van der Waals surface area contributed by atoms with E-state index >= 15 is 0 Å². The second-order valence-corrected chi connectivity index (χ2v) is 18.3. The average molecular weight is 1040 g/mol. The van der Waals surface area contributed by atoms with Crippen molar-refractivity contribution in [3.63, 3.8) is 0 Å². The molecule has 3 heterocycles. The maximum Gasteiger partial charge on any atom is 0.410 e. The standard InChI is InChI=1S/C48H62N10O16/c1-26-19-35(54-57-51)42(64-6)45(40(26)41-34(53-56-50)18-17-33(70-41)23-58(22-31-13-9-7-10-14-31)48(63)66-24-32-15-11-8-12-16-32)74-47-46(69-30(5)62)44(38(72-47)25-65-27(2)59)73-39-20-36(67-28(3)60)43(68-29(4)61)37(71-39)21-52-55-49/h7-16,26,33-47H,17-25H2,1-6H3/t26-,33-,34?,35?,36+,37-,38+,39+,40?,41-,42-,43-,44+,45-,46+,47-/m0/s1. The lowest BCUT2D eigenvalue weighted by Crippen LogP contribution is -2.60. The van der Waals surface area contributed by atoms with E-state index in [4.69, 9.17) is 52.1 Å². The molecule has 2 aromatic carbocycles. The van der Waals surface area contributed by atoms with Crippen LogP contribution in [0, 0.1) is 11.8 Å². The van der Waals surface area contributed by atoms with Crippen LogP contribution in [0.3, 0.4) is 0 Å². The van der Waals surface area contributed by atoms with Gasteiger partial charge < -0.3 is 57.0 Å². The summed E-state index contributed by atoms with van der Waals surface area (Å²) in [7, 11) is 1.40. The van der Waals surface area contributed by atoms with Crippen molar-refractivity contribution >= 4 is 30.0 Å². The Labute approximate surface area is 426 Å². The zero-order chi connectivity index (χ0) is 53.3. The van der Waals surface area contributed by atoms with E-state index in [2.05, 4.69) is 30.1 Å². The Morgan fingerprint density at radius 1 is 0.676 bits per heavy atom. The minimum Gasteiger partial charge on any atom is -0.463 e. The number of methoxy groups -OCH3 is 1. The lowest BCUT2D eigenvalue weighted by atomic mass is 9.69. The van der Waals surface area contributed by atoms with E-state index in [0.717, 1.165) is 31.9 Å². The molecule has 1 aliphatic carbocycles. The third-order valence-electron chi connectivity index (χ3n) is 13.1. The molecule has 0 aromatic heterocycles. The van der Waals surface area contributed by atoms with Gasteiger partial charge in [-0.1, -0.05) is 82.9 Å². The molecule has 74 heavy (non-hydrogen) atoms. The van der Waals surface area contributed by atoms with Crippen molar-refractivity contribution in [3.8, 4) is 0 Å². The number of hydrogen-bond donors (Lipinski definition) is 0. The van der Waals surface area contributed by atoms with Crippen molar-refractivity contribution in [3.05, 3.63) is 103 Å². The second kappa shape index (κ2) is 27.5. The fourth-order valence-corrected chi connectivity index (χ4v) is 10.1. The first-order valence-electron chi connectivity index (χ1n) is 24.2. The molecule has 3 aliphatic heterocycles. The molecule has 3 saturated heterocycles. The number of azide groups is 3. The number of ether oxygens (including phenoxy) is 11. The maximum absolute atomic E-state index is 13.9. The molecular weight excluding hydrogens is 973 g/mol. The van der Waals surface area contributed by atoms with Crippen LogP contribution in [-0.4, -0.2) is 147 Å². The van der Waals surface area contributed by atoms with Crippen LogP contribution in [0.4, 0.5) is 4.79 Å². The molecule has 4 fully saturated rings. The highest BCUT2D eigenvalue weighted by Gasteiger charge is 2.57. The summed E-state index contributed by atoms with van der Waals surface area (Å²) in [6.45, 7) is 5.93. The highest BCUT2D eigenvalue weighted by Crippen LogP contribution is 2.45. The van der Waals surface area contributed by atoms with Crippen molar-refractivity contribution in [2.75, 3.05) is 26.8 Å². The Bertz CT molecular complexity index is 2360. The summed E-state index contributed by atoms with van der Waals surface area (Å²) in [5.74, 6) is -4.12. The molecular formula is C48H62N10O16. The van der Waals surface area contributed by atoms with Crippen LogP contribution in [0.2, 0.25) is 0 Å². The van der Waals surface area contributed by atoms with Crippen LogP contribution in [-0.2, 0) is 84.4 Å². The van der Waals surface area contributed by atoms with Gasteiger partial charge in [0.2, 0.25) is 0 Å². The molecule has 26 heteroatoms. The molecule has 26 nitrogen and oxygen atoms in total. The van der Waals surface area contributed by atoms with Gasteiger partial charge in [0.1, 0.15) is 37.6 Å². The van der Waals surface area contributed by atoms with Crippen molar-refractivity contribution in [2.45, 2.75) is 159 Å². The van der Waals surface area contributed by atoms with Gasteiger partial charge in [0, 0.05) is 68.4 Å². The summed E-state index contributed by atoms with van der Waals surface area (Å²) in [6, 6.07) is 17.0. The summed E-state index contributed by atoms with van der Waals surface area (Å²) in [6.07, 6.45) is -14.2. The number of carbonyl (C=O) groups excluding carboxylic acids is 5. The molecule has 400 valence electrons. The minimum atomic E-state index is -1.55. The van der Waals surface area contributed by atoms with Crippen LogP contribution < -0.4 is 0 Å². The third kappa shape index (κ3) is 15.4. The smallest absolute Gasteiger partial charge is 0.410 e. The Hall–Kier alpha value is -6.72. The second-order valence-electron chi connectivity index (χ2n) is 18.3. The fraction of sp³-hybridized carbons (Fsp3) is 0.646. The number of carbonyl (C=O) groups is 5. The summed E-state index contributed by atoms with van der Waals surface area (Å²) >= 11 is 0. The van der Waals surface area contributed by atoms with Crippen LogP contribution in [0.5, 0.6) is 0 Å². The van der Waals surface area contributed by atoms with Crippen molar-refractivity contribution in [1.82, 2.24) is 4.90 Å². The molecule has 1 saturated carbocycles. The number of rotatable bonds is 21. The van der Waals surface area contributed by atoms with Gasteiger partial charge >= 0.3 is 30.0 Å². The molecule has 4 aliphatic rings. The number of esters is 4. The normalized spacial score (nSPS) is 31.4. The van der Waals surface area contributed by atoms with E-state index in [0.29, 0.717) is 12.8 Å². The van der Waals surface area contributed by atoms with Gasteiger partial charge in [-0.3, -0.25) is 19.2 Å². The zero-order valence-electron chi connectivity index (χ0n) is 41.9. The molecule has 0 N–H and O–H groups in total. The largest absolute Gasteiger partial charge is 0.463 e. The van der Waals surface area contributed by atoms with Crippen LogP contribution >= 0.6 is 0 Å². The fourth-order valence-electron chi connectivity index (χ4n) is 10.1. The number of hydrogen-bond acceptors (Lipinski definition) is 19. The predicted molar refractivity (Wildman–Crippen MR) is 254 cm³/mol. The average Bonchev–Trinajstić information content (AvgIpc) is 3.66. The highest BCUT2D eigenvalue weighted by atomic mass is 16.8. The minimum absolute atomic E-state index is 0.0314. The first-order chi connectivity index (χ1) is 35.6. The van der Waals surface area contributed by atoms with Crippen LogP contribution in [0.1, 0.15) is 71.4 Å². The van der Waals surface area contributed by atoms with Gasteiger partial charge in [0.05, 0.1) is 49.6 Å². The molecule has 2 aromatic rings.